The van der Waals surface area contributed by atoms with E-state index in [0.29, 0.717) is 19.0 Å². The van der Waals surface area contributed by atoms with Crippen molar-refractivity contribution in [2.24, 2.45) is 5.41 Å². The second-order valence-electron chi connectivity index (χ2n) is 9.30. The number of hydrogen-bond acceptors (Lipinski definition) is 6. The summed E-state index contributed by atoms with van der Waals surface area (Å²) >= 11 is 0. The van der Waals surface area contributed by atoms with Crippen molar-refractivity contribution in [2.45, 2.75) is 53.4 Å². The van der Waals surface area contributed by atoms with E-state index >= 15 is 0 Å². The molecule has 32 heavy (non-hydrogen) atoms. The Balaban J connectivity index is 1.50. The molecule has 7 nitrogen and oxygen atoms in total. The van der Waals surface area contributed by atoms with Crippen LogP contribution in [-0.4, -0.2) is 30.8 Å². The van der Waals surface area contributed by atoms with Crippen molar-refractivity contribution in [3.8, 4) is 11.5 Å². The molecular formula is C25H35N3O4. The number of fused-ring (bicyclic) bond motifs is 1. The topological polar surface area (TPSA) is 83.1 Å². The monoisotopic (exact) mass is 441 g/mol. The maximum atomic E-state index is 10.9. The Kier molecular flexibility index (Phi) is 7.85. The van der Waals surface area contributed by atoms with E-state index in [1.54, 1.807) is 24.3 Å². The van der Waals surface area contributed by atoms with Gasteiger partial charge in [0.1, 0.15) is 11.5 Å². The molecule has 3 N–H and O–H groups in total. The number of ether oxygens (including phenoxy) is 2. The van der Waals surface area contributed by atoms with Crippen molar-refractivity contribution >= 4 is 17.3 Å². The highest BCUT2D eigenvalue weighted by Gasteiger charge is 2.26. The number of carbonyl (C=O) groups is 1. The molecule has 2 aromatic rings. The minimum absolute atomic E-state index is 0.177. The smallest absolute Gasteiger partial charge is 0.335 e. The standard InChI is InChI=1S/C25H35N3O4/c1-5-8-20-22(14-13-21-23(20)26-27-28(21)17-25(2,3)4)32-16-7-6-15-31-19-11-9-18(10-12-19)24(29)30/h9-14,26-27H,5-8,15-17H2,1-4H3,(H,29,30). The summed E-state index contributed by atoms with van der Waals surface area (Å²) in [5, 5.41) is 11.1. The van der Waals surface area contributed by atoms with Gasteiger partial charge in [-0.25, -0.2) is 4.79 Å². The number of unbranched alkanes of at least 4 members (excludes halogenated alkanes) is 1. The third kappa shape index (κ3) is 6.29. The average Bonchev–Trinajstić information content (AvgIpc) is 3.13. The Labute approximate surface area is 190 Å². The van der Waals surface area contributed by atoms with Crippen LogP contribution in [0.4, 0.5) is 11.4 Å². The molecule has 0 fully saturated rings. The van der Waals surface area contributed by atoms with Gasteiger partial charge in [-0.15, -0.1) is 5.53 Å². The lowest BCUT2D eigenvalue weighted by molar-refractivity contribution is 0.0697. The lowest BCUT2D eigenvalue weighted by atomic mass is 9.96. The summed E-state index contributed by atoms with van der Waals surface area (Å²) in [5.41, 5.74) is 10.6. The van der Waals surface area contributed by atoms with Crippen LogP contribution in [0.5, 0.6) is 11.5 Å². The molecule has 0 bridgehead atoms. The number of benzene rings is 2. The van der Waals surface area contributed by atoms with Gasteiger partial charge in [-0.1, -0.05) is 34.1 Å². The van der Waals surface area contributed by atoms with Gasteiger partial charge in [0.25, 0.3) is 0 Å². The van der Waals surface area contributed by atoms with Crippen LogP contribution in [0.15, 0.2) is 36.4 Å². The summed E-state index contributed by atoms with van der Waals surface area (Å²) in [4.78, 5) is 10.9. The average molecular weight is 442 g/mol. The van der Waals surface area contributed by atoms with E-state index in [0.717, 1.165) is 49.4 Å². The molecule has 0 aliphatic carbocycles. The fourth-order valence-electron chi connectivity index (χ4n) is 3.67. The highest BCUT2D eigenvalue weighted by molar-refractivity contribution is 5.87. The third-order valence-electron chi connectivity index (χ3n) is 5.15. The summed E-state index contributed by atoms with van der Waals surface area (Å²) in [6, 6.07) is 10.7. The fraction of sp³-hybridized carbons (Fsp3) is 0.480. The molecular weight excluding hydrogens is 406 g/mol. The number of anilines is 2. The van der Waals surface area contributed by atoms with Crippen molar-refractivity contribution in [1.82, 2.24) is 5.53 Å². The number of nitrogens with zero attached hydrogens (tertiary/aromatic N) is 1. The van der Waals surface area contributed by atoms with E-state index in [1.165, 1.54) is 5.56 Å². The molecule has 0 atom stereocenters. The van der Waals surface area contributed by atoms with Crippen molar-refractivity contribution in [1.29, 1.82) is 0 Å². The fourth-order valence-corrected chi connectivity index (χ4v) is 3.67. The molecule has 2 aromatic carbocycles. The first-order valence-electron chi connectivity index (χ1n) is 11.3. The van der Waals surface area contributed by atoms with E-state index in [-0.39, 0.29) is 11.0 Å². The van der Waals surface area contributed by atoms with Crippen LogP contribution in [-0.2, 0) is 6.42 Å². The van der Waals surface area contributed by atoms with Gasteiger partial charge >= 0.3 is 5.97 Å². The molecule has 174 valence electrons. The maximum Gasteiger partial charge on any atom is 0.335 e. The molecule has 0 radical (unpaired) electrons. The Morgan fingerprint density at radius 3 is 2.34 bits per heavy atom. The molecule has 3 rings (SSSR count). The Morgan fingerprint density at radius 1 is 1.03 bits per heavy atom. The first kappa shape index (κ1) is 23.7. The molecule has 1 heterocycles. The SMILES string of the molecule is CCCc1c(OCCCCOc2ccc(C(=O)O)cc2)ccc2c1NNN2CC(C)(C)C. The number of nitrogens with one attached hydrogen (secondary N) is 2. The normalized spacial score (nSPS) is 12.9. The number of hydrogen-bond donors (Lipinski definition) is 3. The summed E-state index contributed by atoms with van der Waals surface area (Å²) in [5.74, 6) is 0.677. The van der Waals surface area contributed by atoms with E-state index in [4.69, 9.17) is 14.6 Å². The number of carboxylic acid groups (broad SMARTS) is 1. The van der Waals surface area contributed by atoms with E-state index in [2.05, 4.69) is 55.8 Å². The summed E-state index contributed by atoms with van der Waals surface area (Å²) in [6.45, 7) is 10.9. The zero-order chi connectivity index (χ0) is 23.1. The quantitative estimate of drug-likeness (QED) is 0.410. The van der Waals surface area contributed by atoms with Gasteiger partial charge in [0.15, 0.2) is 0 Å². The third-order valence-corrected chi connectivity index (χ3v) is 5.15. The lowest BCUT2D eigenvalue weighted by Crippen LogP contribution is -2.41. The zero-order valence-electron chi connectivity index (χ0n) is 19.5. The highest BCUT2D eigenvalue weighted by Crippen LogP contribution is 2.39. The van der Waals surface area contributed by atoms with E-state index in [9.17, 15) is 4.79 Å². The molecule has 7 heteroatoms. The van der Waals surface area contributed by atoms with E-state index in [1.807, 2.05) is 0 Å². The summed E-state index contributed by atoms with van der Waals surface area (Å²) < 4.78 is 11.8. The van der Waals surface area contributed by atoms with Crippen LogP contribution < -0.4 is 25.4 Å². The van der Waals surface area contributed by atoms with Crippen molar-refractivity contribution in [3.05, 3.63) is 47.5 Å². The van der Waals surface area contributed by atoms with Crippen LogP contribution in [0.2, 0.25) is 0 Å². The van der Waals surface area contributed by atoms with Gasteiger partial charge < -0.3 is 20.0 Å². The number of hydrazine groups is 2. The first-order chi connectivity index (χ1) is 15.3. The minimum Gasteiger partial charge on any atom is -0.494 e. The van der Waals surface area contributed by atoms with Gasteiger partial charge in [0, 0.05) is 12.1 Å². The van der Waals surface area contributed by atoms with Gasteiger partial charge in [-0.05, 0) is 61.1 Å². The first-order valence-corrected chi connectivity index (χ1v) is 11.3. The zero-order valence-corrected chi connectivity index (χ0v) is 19.5. The second-order valence-corrected chi connectivity index (χ2v) is 9.30. The summed E-state index contributed by atoms with van der Waals surface area (Å²) in [7, 11) is 0. The molecule has 1 aliphatic rings. The second kappa shape index (κ2) is 10.6. The van der Waals surface area contributed by atoms with Crippen molar-refractivity contribution in [2.75, 3.05) is 30.2 Å². The van der Waals surface area contributed by atoms with Gasteiger partial charge in [-0.3, -0.25) is 5.01 Å². The largest absolute Gasteiger partial charge is 0.494 e. The van der Waals surface area contributed by atoms with Gasteiger partial charge in [0.2, 0.25) is 0 Å². The molecule has 0 spiro atoms. The van der Waals surface area contributed by atoms with Gasteiger partial charge in [0.05, 0.1) is 30.2 Å². The van der Waals surface area contributed by atoms with E-state index < -0.39 is 5.97 Å². The number of rotatable bonds is 11. The Hall–Kier alpha value is -2.93. The molecule has 1 aliphatic heterocycles. The predicted octanol–water partition coefficient (Wildman–Crippen LogP) is 5.27. The molecule has 0 amide bonds. The predicted molar refractivity (Wildman–Crippen MR) is 128 cm³/mol. The van der Waals surface area contributed by atoms with Crippen LogP contribution in [0, 0.1) is 5.41 Å². The van der Waals surface area contributed by atoms with Crippen molar-refractivity contribution in [3.63, 3.8) is 0 Å². The highest BCUT2D eigenvalue weighted by atomic mass is 16.5. The molecule has 0 unspecified atom stereocenters. The molecule has 0 saturated carbocycles. The van der Waals surface area contributed by atoms with Crippen LogP contribution >= 0.6 is 0 Å². The number of carboxylic acids is 1. The lowest BCUT2D eigenvalue weighted by Gasteiger charge is -2.27. The van der Waals surface area contributed by atoms with Crippen molar-refractivity contribution < 1.29 is 19.4 Å². The van der Waals surface area contributed by atoms with Crippen LogP contribution in [0.3, 0.4) is 0 Å². The minimum atomic E-state index is -0.935. The maximum absolute atomic E-state index is 10.9. The Bertz CT molecular complexity index is 907. The Morgan fingerprint density at radius 2 is 1.72 bits per heavy atom. The summed E-state index contributed by atoms with van der Waals surface area (Å²) in [6.07, 6.45) is 3.72. The molecule has 0 aromatic heterocycles. The number of aromatic carboxylic acids is 1. The van der Waals surface area contributed by atoms with Gasteiger partial charge in [-0.2, -0.15) is 0 Å². The molecule has 0 saturated heterocycles. The van der Waals surface area contributed by atoms with Crippen LogP contribution in [0.25, 0.3) is 0 Å². The van der Waals surface area contributed by atoms with Crippen LogP contribution in [0.1, 0.15) is 62.9 Å².